The molecule has 0 atom stereocenters. The molecule has 0 amide bonds. The van der Waals surface area contributed by atoms with E-state index in [2.05, 4.69) is 113 Å². The predicted molar refractivity (Wildman–Crippen MR) is 138 cm³/mol. The zero-order valence-corrected chi connectivity index (χ0v) is 22.7. The predicted octanol–water partition coefficient (Wildman–Crippen LogP) is 9.30. The maximum Gasteiger partial charge on any atom is 0.126 e. The van der Waals surface area contributed by atoms with E-state index in [1.54, 1.807) is 7.11 Å². The standard InChI is InChI=1S/C29H44N2O/c1-26(2,3)19-14-20(27(4,5)6)16-21(15-19)30-31-22-17-23(28(7,8)9)25(32-13)24(18-22)29(10,11)12/h14-18H,1-13H3. The SMILES string of the molecule is COc1c(C(C)(C)C)cc(N=Nc2cc(C(C)(C)C)cc(C(C)(C)C)c2)cc1C(C)(C)C. The van der Waals surface area contributed by atoms with Gasteiger partial charge in [-0.15, -0.1) is 0 Å². The lowest BCUT2D eigenvalue weighted by Crippen LogP contribution is -2.18. The number of hydrogen-bond donors (Lipinski definition) is 0. The van der Waals surface area contributed by atoms with Crippen LogP contribution in [0.5, 0.6) is 5.75 Å². The second kappa shape index (κ2) is 8.65. The van der Waals surface area contributed by atoms with Crippen molar-refractivity contribution in [2.24, 2.45) is 10.2 Å². The van der Waals surface area contributed by atoms with Crippen LogP contribution in [-0.2, 0) is 21.7 Å². The van der Waals surface area contributed by atoms with E-state index >= 15 is 0 Å². The molecule has 0 N–H and O–H groups in total. The molecule has 3 nitrogen and oxygen atoms in total. The van der Waals surface area contributed by atoms with Crippen molar-refractivity contribution in [3.8, 4) is 5.75 Å². The zero-order valence-electron chi connectivity index (χ0n) is 22.7. The Morgan fingerprint density at radius 1 is 0.500 bits per heavy atom. The Bertz CT molecular complexity index is 921. The van der Waals surface area contributed by atoms with Crippen LogP contribution < -0.4 is 4.74 Å². The largest absolute Gasteiger partial charge is 0.496 e. The number of ether oxygens (including phenoxy) is 1. The van der Waals surface area contributed by atoms with Crippen molar-refractivity contribution >= 4 is 11.4 Å². The van der Waals surface area contributed by atoms with Gasteiger partial charge in [-0.25, -0.2) is 0 Å². The van der Waals surface area contributed by atoms with Crippen molar-refractivity contribution in [1.29, 1.82) is 0 Å². The van der Waals surface area contributed by atoms with Gasteiger partial charge < -0.3 is 4.74 Å². The fourth-order valence-electron chi connectivity index (χ4n) is 3.66. The molecular weight excluding hydrogens is 392 g/mol. The molecule has 176 valence electrons. The fourth-order valence-corrected chi connectivity index (χ4v) is 3.66. The van der Waals surface area contributed by atoms with Crippen LogP contribution in [0.1, 0.15) is 105 Å². The summed E-state index contributed by atoms with van der Waals surface area (Å²) < 4.78 is 5.88. The van der Waals surface area contributed by atoms with E-state index < -0.39 is 0 Å². The number of hydrogen-bond acceptors (Lipinski definition) is 3. The van der Waals surface area contributed by atoms with E-state index in [0.717, 1.165) is 28.3 Å². The highest BCUT2D eigenvalue weighted by atomic mass is 16.5. The van der Waals surface area contributed by atoms with Crippen LogP contribution in [0.2, 0.25) is 0 Å². The van der Waals surface area contributed by atoms with E-state index in [1.165, 1.54) is 11.1 Å². The highest BCUT2D eigenvalue weighted by molar-refractivity contribution is 5.57. The molecule has 32 heavy (non-hydrogen) atoms. The highest BCUT2D eigenvalue weighted by Crippen LogP contribution is 2.43. The molecule has 2 aromatic rings. The van der Waals surface area contributed by atoms with E-state index in [9.17, 15) is 0 Å². The van der Waals surface area contributed by atoms with Crippen molar-refractivity contribution in [1.82, 2.24) is 0 Å². The molecule has 0 unspecified atom stereocenters. The van der Waals surface area contributed by atoms with Gasteiger partial charge in [0.1, 0.15) is 5.75 Å². The number of rotatable bonds is 3. The van der Waals surface area contributed by atoms with E-state index in [1.807, 2.05) is 0 Å². The molecule has 3 heteroatoms. The Morgan fingerprint density at radius 3 is 1.12 bits per heavy atom. The molecule has 0 aromatic heterocycles. The van der Waals surface area contributed by atoms with Crippen molar-refractivity contribution < 1.29 is 4.74 Å². The summed E-state index contributed by atoms with van der Waals surface area (Å²) in [7, 11) is 1.76. The Labute approximate surface area is 196 Å². The number of benzene rings is 2. The van der Waals surface area contributed by atoms with Crippen LogP contribution in [-0.4, -0.2) is 7.11 Å². The second-order valence-electron chi connectivity index (χ2n) is 13.0. The third kappa shape index (κ3) is 6.21. The summed E-state index contributed by atoms with van der Waals surface area (Å²) in [4.78, 5) is 0. The summed E-state index contributed by atoms with van der Waals surface area (Å²) in [5.41, 5.74) is 6.57. The molecule has 0 radical (unpaired) electrons. The Balaban J connectivity index is 2.68. The van der Waals surface area contributed by atoms with Crippen molar-refractivity contribution in [3.63, 3.8) is 0 Å². The Hall–Kier alpha value is -2.16. The molecule has 0 fully saturated rings. The molecule has 0 aliphatic rings. The summed E-state index contributed by atoms with van der Waals surface area (Å²) in [5, 5.41) is 9.43. The van der Waals surface area contributed by atoms with Crippen LogP contribution in [0, 0.1) is 0 Å². The Morgan fingerprint density at radius 2 is 0.844 bits per heavy atom. The van der Waals surface area contributed by atoms with Gasteiger partial charge in [0.05, 0.1) is 18.5 Å². The molecule has 0 aliphatic heterocycles. The first kappa shape index (κ1) is 26.1. The molecule has 0 saturated heterocycles. The van der Waals surface area contributed by atoms with Crippen molar-refractivity contribution in [3.05, 3.63) is 52.6 Å². The minimum atomic E-state index is -0.0670. The third-order valence-electron chi connectivity index (χ3n) is 5.82. The summed E-state index contributed by atoms with van der Waals surface area (Å²) in [6.45, 7) is 26.7. The molecule has 0 saturated carbocycles. The Kier molecular flexibility index (Phi) is 7.05. The van der Waals surface area contributed by atoms with Gasteiger partial charge in [-0.05, 0) is 57.1 Å². The van der Waals surface area contributed by atoms with Crippen LogP contribution in [0.15, 0.2) is 40.6 Å². The van der Waals surface area contributed by atoms with Gasteiger partial charge in [-0.1, -0.05) is 89.2 Å². The van der Waals surface area contributed by atoms with E-state index in [0.29, 0.717) is 0 Å². The summed E-state index contributed by atoms with van der Waals surface area (Å²) >= 11 is 0. The van der Waals surface area contributed by atoms with Crippen molar-refractivity contribution in [2.75, 3.05) is 7.11 Å². The molecule has 0 heterocycles. The lowest BCUT2D eigenvalue weighted by Gasteiger charge is -2.29. The minimum Gasteiger partial charge on any atom is -0.496 e. The average molecular weight is 437 g/mol. The maximum absolute atomic E-state index is 5.88. The van der Waals surface area contributed by atoms with Gasteiger partial charge in [0.25, 0.3) is 0 Å². The van der Waals surface area contributed by atoms with Crippen LogP contribution in [0.4, 0.5) is 11.4 Å². The summed E-state index contributed by atoms with van der Waals surface area (Å²) in [6, 6.07) is 10.9. The van der Waals surface area contributed by atoms with E-state index in [4.69, 9.17) is 15.0 Å². The molecular formula is C29H44N2O. The molecule has 2 aromatic carbocycles. The smallest absolute Gasteiger partial charge is 0.126 e. The summed E-state index contributed by atoms with van der Waals surface area (Å²) in [5.74, 6) is 0.952. The topological polar surface area (TPSA) is 34.0 Å². The molecule has 2 rings (SSSR count). The monoisotopic (exact) mass is 436 g/mol. The minimum absolute atomic E-state index is 0.0461. The average Bonchev–Trinajstić information content (AvgIpc) is 2.62. The number of azo groups is 1. The quantitative estimate of drug-likeness (QED) is 0.441. The van der Waals surface area contributed by atoms with Crippen LogP contribution >= 0.6 is 0 Å². The molecule has 0 bridgehead atoms. The van der Waals surface area contributed by atoms with Gasteiger partial charge >= 0.3 is 0 Å². The first-order chi connectivity index (χ1) is 14.3. The maximum atomic E-state index is 5.88. The normalized spacial score (nSPS) is 13.7. The van der Waals surface area contributed by atoms with Gasteiger partial charge in [0.15, 0.2) is 0 Å². The first-order valence-corrected chi connectivity index (χ1v) is 11.6. The van der Waals surface area contributed by atoms with Crippen LogP contribution in [0.3, 0.4) is 0 Å². The van der Waals surface area contributed by atoms with Gasteiger partial charge in [0.2, 0.25) is 0 Å². The zero-order chi connectivity index (χ0) is 24.7. The molecule has 0 spiro atoms. The third-order valence-corrected chi connectivity index (χ3v) is 5.82. The van der Waals surface area contributed by atoms with Crippen molar-refractivity contribution in [2.45, 2.75) is 105 Å². The number of nitrogens with zero attached hydrogens (tertiary/aromatic N) is 2. The van der Waals surface area contributed by atoms with Gasteiger partial charge in [-0.2, -0.15) is 10.2 Å². The number of methoxy groups -OCH3 is 1. The highest BCUT2D eigenvalue weighted by Gasteiger charge is 2.27. The fraction of sp³-hybridized carbons (Fsp3) is 0.586. The lowest BCUT2D eigenvalue weighted by atomic mass is 9.79. The molecule has 0 aliphatic carbocycles. The van der Waals surface area contributed by atoms with Crippen LogP contribution in [0.25, 0.3) is 0 Å². The first-order valence-electron chi connectivity index (χ1n) is 11.6. The van der Waals surface area contributed by atoms with E-state index in [-0.39, 0.29) is 21.7 Å². The van der Waals surface area contributed by atoms with Gasteiger partial charge in [-0.3, -0.25) is 0 Å². The summed E-state index contributed by atoms with van der Waals surface area (Å²) in [6.07, 6.45) is 0. The van der Waals surface area contributed by atoms with Gasteiger partial charge in [0, 0.05) is 11.1 Å². The lowest BCUT2D eigenvalue weighted by molar-refractivity contribution is 0.381. The second-order valence-corrected chi connectivity index (χ2v) is 13.0.